The molecule has 0 saturated heterocycles. The van der Waals surface area contributed by atoms with E-state index in [2.05, 4.69) is 5.32 Å². The van der Waals surface area contributed by atoms with Gasteiger partial charge in [-0.1, -0.05) is 6.07 Å². The normalized spacial score (nSPS) is 13.7. The third kappa shape index (κ3) is 3.74. The molecule has 2 aromatic carbocycles. The van der Waals surface area contributed by atoms with Gasteiger partial charge in [0.05, 0.1) is 5.56 Å². The first kappa shape index (κ1) is 15.6. The molecule has 2 N–H and O–H groups in total. The average molecular weight is 327 g/mol. The summed E-state index contributed by atoms with van der Waals surface area (Å²) in [6.07, 6.45) is 3.47. The van der Waals surface area contributed by atoms with Crippen LogP contribution in [0.25, 0.3) is 0 Å². The average Bonchev–Trinajstić information content (AvgIpc) is 2.79. The first-order valence-electron chi connectivity index (χ1n) is 7.54. The molecular formula is C18H17NO3S. The second kappa shape index (κ2) is 6.87. The van der Waals surface area contributed by atoms with Crippen LogP contribution in [-0.2, 0) is 6.42 Å². The van der Waals surface area contributed by atoms with Crippen LogP contribution >= 0.6 is 11.8 Å². The number of fused-ring (bicyclic) bond motifs is 1. The number of nitrogens with one attached hydrogen (secondary N) is 1. The first-order chi connectivity index (χ1) is 11.1. The fraction of sp³-hybridized carbons (Fsp3) is 0.222. The first-order valence-corrected chi connectivity index (χ1v) is 8.52. The Hall–Kier alpha value is -2.27. The third-order valence-corrected chi connectivity index (χ3v) is 5.00. The maximum atomic E-state index is 12.4. The molecule has 1 aliphatic heterocycles. The Balaban J connectivity index is 1.75. The molecule has 0 atom stereocenters. The number of hydrogen-bond acceptors (Lipinski definition) is 3. The summed E-state index contributed by atoms with van der Waals surface area (Å²) in [5.74, 6) is -0.0688. The van der Waals surface area contributed by atoms with E-state index in [0.29, 0.717) is 11.3 Å². The molecule has 0 radical (unpaired) electrons. The Labute approximate surface area is 138 Å². The molecule has 0 bridgehead atoms. The van der Waals surface area contributed by atoms with Gasteiger partial charge in [-0.3, -0.25) is 4.79 Å². The van der Waals surface area contributed by atoms with Crippen LogP contribution in [0.4, 0.5) is 5.69 Å². The number of benzene rings is 2. The Morgan fingerprint density at radius 2 is 1.74 bits per heavy atom. The molecule has 118 valence electrons. The summed E-state index contributed by atoms with van der Waals surface area (Å²) in [5, 5.41) is 11.7. The second-order valence-corrected chi connectivity index (χ2v) is 6.60. The third-order valence-electron chi connectivity index (χ3n) is 3.82. The van der Waals surface area contributed by atoms with Gasteiger partial charge in [0.15, 0.2) is 0 Å². The Morgan fingerprint density at radius 1 is 1.00 bits per heavy atom. The lowest BCUT2D eigenvalue weighted by atomic mass is 10.1. The van der Waals surface area contributed by atoms with Crippen molar-refractivity contribution in [2.45, 2.75) is 24.2 Å². The van der Waals surface area contributed by atoms with Crippen LogP contribution in [0.3, 0.4) is 0 Å². The van der Waals surface area contributed by atoms with Crippen LogP contribution < -0.4 is 5.32 Å². The molecule has 0 aromatic heterocycles. The number of amides is 1. The van der Waals surface area contributed by atoms with Crippen molar-refractivity contribution in [1.29, 1.82) is 0 Å². The van der Waals surface area contributed by atoms with Crippen LogP contribution in [0.5, 0.6) is 0 Å². The molecule has 1 heterocycles. The van der Waals surface area contributed by atoms with Crippen LogP contribution in [0.15, 0.2) is 47.4 Å². The highest BCUT2D eigenvalue weighted by molar-refractivity contribution is 7.99. The van der Waals surface area contributed by atoms with Gasteiger partial charge in [0.1, 0.15) is 0 Å². The number of carbonyl (C=O) groups is 2. The largest absolute Gasteiger partial charge is 0.478 e. The van der Waals surface area contributed by atoms with Crippen LogP contribution in [0, 0.1) is 0 Å². The van der Waals surface area contributed by atoms with E-state index >= 15 is 0 Å². The van der Waals surface area contributed by atoms with Gasteiger partial charge in [-0.05, 0) is 67.0 Å². The molecule has 23 heavy (non-hydrogen) atoms. The maximum absolute atomic E-state index is 12.4. The second-order valence-electron chi connectivity index (χ2n) is 5.46. The number of carboxylic acids is 1. The van der Waals surface area contributed by atoms with Crippen molar-refractivity contribution in [3.8, 4) is 0 Å². The molecule has 0 unspecified atom stereocenters. The van der Waals surface area contributed by atoms with E-state index in [9.17, 15) is 9.59 Å². The van der Waals surface area contributed by atoms with Gasteiger partial charge in [-0.2, -0.15) is 0 Å². The Bertz CT molecular complexity index is 740. The predicted octanol–water partition coefficient (Wildman–Crippen LogP) is 4.07. The summed E-state index contributed by atoms with van der Waals surface area (Å²) >= 11 is 1.81. The zero-order valence-corrected chi connectivity index (χ0v) is 13.4. The van der Waals surface area contributed by atoms with E-state index in [4.69, 9.17) is 5.11 Å². The molecule has 2 aromatic rings. The van der Waals surface area contributed by atoms with Gasteiger partial charge in [0.2, 0.25) is 0 Å². The summed E-state index contributed by atoms with van der Waals surface area (Å²) in [6.45, 7) is 0. The van der Waals surface area contributed by atoms with Crippen molar-refractivity contribution >= 4 is 29.3 Å². The minimum Gasteiger partial charge on any atom is -0.478 e. The van der Waals surface area contributed by atoms with Crippen LogP contribution in [0.2, 0.25) is 0 Å². The van der Waals surface area contributed by atoms with Crippen molar-refractivity contribution in [2.75, 3.05) is 11.1 Å². The smallest absolute Gasteiger partial charge is 0.335 e. The number of aryl methyl sites for hydroxylation is 1. The highest BCUT2D eigenvalue weighted by Crippen LogP contribution is 2.30. The van der Waals surface area contributed by atoms with Crippen LogP contribution in [0.1, 0.15) is 39.1 Å². The number of thioether (sulfide) groups is 1. The predicted molar refractivity (Wildman–Crippen MR) is 91.5 cm³/mol. The molecule has 0 saturated carbocycles. The van der Waals surface area contributed by atoms with Crippen molar-refractivity contribution in [3.05, 3.63) is 59.2 Å². The lowest BCUT2D eigenvalue weighted by molar-refractivity contribution is 0.0696. The Morgan fingerprint density at radius 3 is 2.48 bits per heavy atom. The highest BCUT2D eigenvalue weighted by atomic mass is 32.2. The lowest BCUT2D eigenvalue weighted by Gasteiger charge is -2.09. The zero-order chi connectivity index (χ0) is 16.2. The SMILES string of the molecule is O=C(O)c1ccc(NC(=O)c2ccc3c(c2)SCCCC3)cc1. The monoisotopic (exact) mass is 327 g/mol. The summed E-state index contributed by atoms with van der Waals surface area (Å²) < 4.78 is 0. The Kier molecular flexibility index (Phi) is 4.67. The van der Waals surface area contributed by atoms with Crippen molar-refractivity contribution < 1.29 is 14.7 Å². The van der Waals surface area contributed by atoms with Gasteiger partial charge in [0, 0.05) is 16.1 Å². The summed E-state index contributed by atoms with van der Waals surface area (Å²) in [4.78, 5) is 24.4. The number of aromatic carboxylic acids is 1. The van der Waals surface area contributed by atoms with Gasteiger partial charge in [0.25, 0.3) is 5.91 Å². The van der Waals surface area contributed by atoms with Gasteiger partial charge < -0.3 is 10.4 Å². The molecule has 4 nitrogen and oxygen atoms in total. The van der Waals surface area contributed by atoms with E-state index in [1.54, 1.807) is 12.1 Å². The number of anilines is 1. The number of rotatable bonds is 3. The minimum atomic E-state index is -0.981. The summed E-state index contributed by atoms with van der Waals surface area (Å²) in [7, 11) is 0. The van der Waals surface area contributed by atoms with E-state index in [-0.39, 0.29) is 11.5 Å². The van der Waals surface area contributed by atoms with Crippen molar-refractivity contribution in [3.63, 3.8) is 0 Å². The summed E-state index contributed by atoms with van der Waals surface area (Å²) in [5.41, 5.74) is 2.72. The van der Waals surface area contributed by atoms with E-state index in [0.717, 1.165) is 12.2 Å². The topological polar surface area (TPSA) is 66.4 Å². The minimum absolute atomic E-state index is 0.180. The molecule has 3 rings (SSSR count). The molecule has 5 heteroatoms. The van der Waals surface area contributed by atoms with E-state index in [1.807, 2.05) is 30.0 Å². The number of carboxylic acid groups (broad SMARTS) is 1. The van der Waals surface area contributed by atoms with Crippen LogP contribution in [-0.4, -0.2) is 22.7 Å². The lowest BCUT2D eigenvalue weighted by Crippen LogP contribution is -2.12. The number of hydrogen-bond donors (Lipinski definition) is 2. The van der Waals surface area contributed by atoms with E-state index < -0.39 is 5.97 Å². The highest BCUT2D eigenvalue weighted by Gasteiger charge is 2.13. The molecule has 1 aliphatic rings. The van der Waals surface area contributed by atoms with Gasteiger partial charge >= 0.3 is 5.97 Å². The quantitative estimate of drug-likeness (QED) is 0.892. The summed E-state index contributed by atoms with van der Waals surface area (Å²) in [6, 6.07) is 12.0. The number of carbonyl (C=O) groups excluding carboxylic acids is 1. The molecule has 0 spiro atoms. The zero-order valence-electron chi connectivity index (χ0n) is 12.5. The fourth-order valence-corrected chi connectivity index (χ4v) is 3.67. The molecule has 0 fully saturated rings. The van der Waals surface area contributed by atoms with E-state index in [1.165, 1.54) is 35.4 Å². The molecule has 1 amide bonds. The fourth-order valence-electron chi connectivity index (χ4n) is 2.54. The van der Waals surface area contributed by atoms with Gasteiger partial charge in [-0.15, -0.1) is 11.8 Å². The van der Waals surface area contributed by atoms with Crippen molar-refractivity contribution in [2.24, 2.45) is 0 Å². The standard InChI is InChI=1S/C18H17NO3S/c20-17(19-15-8-6-13(7-9-15)18(21)22)14-5-4-12-3-1-2-10-23-16(12)11-14/h4-9,11H,1-3,10H2,(H,19,20)(H,21,22). The maximum Gasteiger partial charge on any atom is 0.335 e. The van der Waals surface area contributed by atoms with Gasteiger partial charge in [-0.25, -0.2) is 4.79 Å². The van der Waals surface area contributed by atoms with Crippen molar-refractivity contribution in [1.82, 2.24) is 0 Å². The molecular weight excluding hydrogens is 310 g/mol. The molecule has 0 aliphatic carbocycles.